The Morgan fingerprint density at radius 3 is 2.53 bits per heavy atom. The van der Waals surface area contributed by atoms with Crippen LogP contribution in [0, 0.1) is 5.92 Å². The molecule has 1 aliphatic heterocycles. The Balaban J connectivity index is 2.72. The minimum absolute atomic E-state index is 0.132. The first kappa shape index (κ1) is 13.4. The van der Waals surface area contributed by atoms with E-state index in [0.29, 0.717) is 0 Å². The topological polar surface area (TPSA) is 99.1 Å². The third-order valence-corrected chi connectivity index (χ3v) is 1.95. The highest BCUT2D eigenvalue weighted by Gasteiger charge is 2.40. The van der Waals surface area contributed by atoms with Gasteiger partial charge in [0.15, 0.2) is 6.61 Å². The van der Waals surface area contributed by atoms with E-state index in [1.54, 1.807) is 13.8 Å². The number of esters is 3. The largest absolute Gasteiger partial charge is 0.454 e. The number of carbonyl (C=O) groups excluding carboxylic acids is 3. The molecule has 0 bridgehead atoms. The summed E-state index contributed by atoms with van der Waals surface area (Å²) in [7, 11) is 0. The molecule has 96 valence electrons. The lowest BCUT2D eigenvalue weighted by Crippen LogP contribution is -2.46. The van der Waals surface area contributed by atoms with Crippen LogP contribution >= 0.6 is 0 Å². The number of hydrogen-bond donors (Lipinski definition) is 1. The lowest BCUT2D eigenvalue weighted by atomic mass is 10.2. The monoisotopic (exact) mass is 246 g/mol. The van der Waals surface area contributed by atoms with Crippen molar-refractivity contribution < 1.29 is 33.7 Å². The Bertz CT molecular complexity index is 336. The Morgan fingerprint density at radius 1 is 1.35 bits per heavy atom. The van der Waals surface area contributed by atoms with Crippen molar-refractivity contribution >= 4 is 17.9 Å². The van der Waals surface area contributed by atoms with Crippen molar-refractivity contribution in [2.75, 3.05) is 6.61 Å². The van der Waals surface area contributed by atoms with Crippen LogP contribution in [0.1, 0.15) is 26.7 Å². The van der Waals surface area contributed by atoms with E-state index in [4.69, 9.17) is 0 Å². The lowest BCUT2D eigenvalue weighted by Gasteiger charge is -2.28. The number of rotatable bonds is 2. The van der Waals surface area contributed by atoms with Crippen molar-refractivity contribution in [3.05, 3.63) is 0 Å². The van der Waals surface area contributed by atoms with Gasteiger partial charge in [-0.05, 0) is 0 Å². The summed E-state index contributed by atoms with van der Waals surface area (Å²) in [6, 6.07) is 0. The Labute approximate surface area is 97.6 Å². The van der Waals surface area contributed by atoms with Gasteiger partial charge in [-0.2, -0.15) is 0 Å². The molecule has 1 aliphatic rings. The molecule has 17 heavy (non-hydrogen) atoms. The summed E-state index contributed by atoms with van der Waals surface area (Å²) in [6.07, 6.45) is -0.368. The number of ether oxygens (including phenoxy) is 3. The van der Waals surface area contributed by atoms with Crippen LogP contribution in [0.5, 0.6) is 0 Å². The molecule has 0 aromatic heterocycles. The summed E-state index contributed by atoms with van der Waals surface area (Å²) in [5.41, 5.74) is 0. The van der Waals surface area contributed by atoms with Gasteiger partial charge >= 0.3 is 23.9 Å². The molecule has 1 N–H and O–H groups in total. The van der Waals surface area contributed by atoms with Gasteiger partial charge in [-0.25, -0.2) is 0 Å². The van der Waals surface area contributed by atoms with Gasteiger partial charge in [0, 0.05) is 0 Å². The van der Waals surface area contributed by atoms with Gasteiger partial charge < -0.3 is 19.3 Å². The van der Waals surface area contributed by atoms with Crippen LogP contribution in [0.4, 0.5) is 0 Å². The summed E-state index contributed by atoms with van der Waals surface area (Å²) < 4.78 is 13.7. The Kier molecular flexibility index (Phi) is 4.06. The highest BCUT2D eigenvalue weighted by Crippen LogP contribution is 2.17. The zero-order valence-electron chi connectivity index (χ0n) is 9.60. The molecule has 1 atom stereocenters. The molecule has 1 fully saturated rings. The molecule has 0 spiro atoms. The molecule has 1 unspecified atom stereocenters. The van der Waals surface area contributed by atoms with Gasteiger partial charge in [0.2, 0.25) is 0 Å². The molecule has 0 amide bonds. The van der Waals surface area contributed by atoms with E-state index in [-0.39, 0.29) is 12.8 Å². The highest BCUT2D eigenvalue weighted by molar-refractivity contribution is 5.79. The van der Waals surface area contributed by atoms with Crippen molar-refractivity contribution in [2.45, 2.75) is 32.7 Å². The molecular weight excluding hydrogens is 232 g/mol. The fourth-order valence-corrected chi connectivity index (χ4v) is 1.03. The quantitative estimate of drug-likeness (QED) is 0.528. The predicted octanol–water partition coefficient (Wildman–Crippen LogP) is -0.288. The highest BCUT2D eigenvalue weighted by atomic mass is 16.9. The average Bonchev–Trinajstić information content (AvgIpc) is 2.22. The van der Waals surface area contributed by atoms with Gasteiger partial charge in [0.1, 0.15) is 0 Å². The van der Waals surface area contributed by atoms with Crippen molar-refractivity contribution in [1.29, 1.82) is 0 Å². The number of carbonyl (C=O) groups is 3. The molecule has 0 aromatic rings. The molecule has 7 heteroatoms. The van der Waals surface area contributed by atoms with Gasteiger partial charge in [-0.15, -0.1) is 0 Å². The van der Waals surface area contributed by atoms with Crippen molar-refractivity contribution in [3.63, 3.8) is 0 Å². The van der Waals surface area contributed by atoms with E-state index in [1.807, 2.05) is 0 Å². The fourth-order valence-electron chi connectivity index (χ4n) is 1.03. The molecule has 0 aliphatic carbocycles. The van der Waals surface area contributed by atoms with Crippen LogP contribution in [-0.4, -0.2) is 35.6 Å². The molecule has 7 nitrogen and oxygen atoms in total. The maximum Gasteiger partial charge on any atom is 0.409 e. The standard InChI is InChI=1S/C10H14O7/c1-6(2)9(13)17-10(14)5-15-7(11)3-4-8(12)16-10/h6,14H,3-5H2,1-2H3. The fraction of sp³-hybridized carbons (Fsp3) is 0.700. The van der Waals surface area contributed by atoms with E-state index < -0.39 is 36.4 Å². The first-order valence-electron chi connectivity index (χ1n) is 5.15. The van der Waals surface area contributed by atoms with Gasteiger partial charge in [0.25, 0.3) is 0 Å². The molecule has 0 aromatic carbocycles. The van der Waals surface area contributed by atoms with Crippen LogP contribution in [0.2, 0.25) is 0 Å². The minimum Gasteiger partial charge on any atom is -0.454 e. The summed E-state index contributed by atoms with van der Waals surface area (Å²) in [6.45, 7) is 2.36. The van der Waals surface area contributed by atoms with Crippen LogP contribution in [0.3, 0.4) is 0 Å². The van der Waals surface area contributed by atoms with Crippen LogP contribution in [0.15, 0.2) is 0 Å². The predicted molar refractivity (Wildman–Crippen MR) is 52.2 cm³/mol. The number of cyclic esters (lactones) is 2. The maximum atomic E-state index is 11.3. The SMILES string of the molecule is CC(C)C(=O)OC1(O)COC(=O)CCC(=O)O1. The average molecular weight is 246 g/mol. The van der Waals surface area contributed by atoms with Crippen molar-refractivity contribution in [1.82, 2.24) is 0 Å². The second-order valence-electron chi connectivity index (χ2n) is 3.92. The van der Waals surface area contributed by atoms with Crippen molar-refractivity contribution in [2.24, 2.45) is 5.92 Å². The number of hydrogen-bond acceptors (Lipinski definition) is 7. The van der Waals surface area contributed by atoms with Crippen LogP contribution < -0.4 is 0 Å². The first-order valence-corrected chi connectivity index (χ1v) is 5.15. The first-order chi connectivity index (χ1) is 7.82. The summed E-state index contributed by atoms with van der Waals surface area (Å²) in [4.78, 5) is 33.5. The zero-order chi connectivity index (χ0) is 13.1. The second-order valence-corrected chi connectivity index (χ2v) is 3.92. The maximum absolute atomic E-state index is 11.3. The molecular formula is C10H14O7. The smallest absolute Gasteiger partial charge is 0.409 e. The van der Waals surface area contributed by atoms with E-state index >= 15 is 0 Å². The van der Waals surface area contributed by atoms with Gasteiger partial charge in [-0.3, -0.25) is 14.4 Å². The van der Waals surface area contributed by atoms with E-state index in [1.165, 1.54) is 0 Å². The van der Waals surface area contributed by atoms with E-state index in [0.717, 1.165) is 0 Å². The molecule has 1 saturated heterocycles. The number of aliphatic hydroxyl groups is 1. The van der Waals surface area contributed by atoms with E-state index in [9.17, 15) is 19.5 Å². The normalized spacial score (nSPS) is 25.6. The van der Waals surface area contributed by atoms with Gasteiger partial charge in [0.05, 0.1) is 18.8 Å². The van der Waals surface area contributed by atoms with Crippen molar-refractivity contribution in [3.8, 4) is 0 Å². The molecule has 0 radical (unpaired) electrons. The Morgan fingerprint density at radius 2 is 1.94 bits per heavy atom. The molecule has 0 saturated carbocycles. The molecule has 1 rings (SSSR count). The summed E-state index contributed by atoms with van der Waals surface area (Å²) in [5.74, 6) is -5.31. The van der Waals surface area contributed by atoms with Gasteiger partial charge in [-0.1, -0.05) is 13.8 Å². The molecule has 1 heterocycles. The lowest BCUT2D eigenvalue weighted by molar-refractivity contribution is -0.341. The Hall–Kier alpha value is -1.63. The third kappa shape index (κ3) is 4.03. The summed E-state index contributed by atoms with van der Waals surface area (Å²) in [5, 5.41) is 9.72. The van der Waals surface area contributed by atoms with Crippen LogP contribution in [0.25, 0.3) is 0 Å². The second kappa shape index (κ2) is 5.13. The zero-order valence-corrected chi connectivity index (χ0v) is 9.60. The summed E-state index contributed by atoms with van der Waals surface area (Å²) >= 11 is 0. The minimum atomic E-state index is -2.53. The van der Waals surface area contributed by atoms with Crippen LogP contribution in [-0.2, 0) is 28.6 Å². The van der Waals surface area contributed by atoms with E-state index in [2.05, 4.69) is 14.2 Å². The third-order valence-electron chi connectivity index (χ3n) is 1.95.